The molecule has 0 aliphatic heterocycles. The van der Waals surface area contributed by atoms with Crippen LogP contribution in [0.25, 0.3) is 0 Å². The summed E-state index contributed by atoms with van der Waals surface area (Å²) in [5, 5.41) is 11.7. The Morgan fingerprint density at radius 1 is 1.29 bits per heavy atom. The smallest absolute Gasteiger partial charge is 0.416 e. The molecule has 0 heterocycles. The summed E-state index contributed by atoms with van der Waals surface area (Å²) in [5.74, 6) is -1.60. The third kappa shape index (κ3) is 3.88. The van der Waals surface area contributed by atoms with Crippen LogP contribution in [0.2, 0.25) is 0 Å². The first-order valence-electron chi connectivity index (χ1n) is 7.78. The van der Waals surface area contributed by atoms with E-state index in [1.54, 1.807) is 0 Å². The van der Waals surface area contributed by atoms with Crippen molar-refractivity contribution in [2.24, 2.45) is 5.92 Å². The molecule has 0 radical (unpaired) electrons. The fourth-order valence-electron chi connectivity index (χ4n) is 2.75. The Kier molecular flexibility index (Phi) is 4.92. The summed E-state index contributed by atoms with van der Waals surface area (Å²) < 4.78 is 38.6. The van der Waals surface area contributed by atoms with Crippen molar-refractivity contribution in [3.05, 3.63) is 35.4 Å². The van der Waals surface area contributed by atoms with Gasteiger partial charge in [0, 0.05) is 0 Å². The van der Waals surface area contributed by atoms with Gasteiger partial charge in [-0.3, -0.25) is 4.79 Å². The van der Waals surface area contributed by atoms with Crippen molar-refractivity contribution in [2.75, 3.05) is 0 Å². The van der Waals surface area contributed by atoms with Gasteiger partial charge >= 0.3 is 12.1 Å². The Hall–Kier alpha value is -2.05. The molecule has 0 spiro atoms. The molecule has 24 heavy (non-hydrogen) atoms. The molecule has 2 N–H and O–H groups in total. The summed E-state index contributed by atoms with van der Waals surface area (Å²) in [7, 11) is 0. The normalized spacial score (nSPS) is 17.4. The van der Waals surface area contributed by atoms with Crippen molar-refractivity contribution in [2.45, 2.75) is 50.7 Å². The van der Waals surface area contributed by atoms with Gasteiger partial charge in [-0.05, 0) is 36.8 Å². The van der Waals surface area contributed by atoms with Crippen molar-refractivity contribution < 1.29 is 27.9 Å². The first kappa shape index (κ1) is 18.3. The second-order valence-electron chi connectivity index (χ2n) is 6.65. The molecule has 1 saturated carbocycles. The highest BCUT2D eigenvalue weighted by atomic mass is 19.4. The number of carboxylic acid groups (broad SMARTS) is 1. The molecule has 1 atom stereocenters. The van der Waals surface area contributed by atoms with E-state index in [0.29, 0.717) is 12.8 Å². The number of benzene rings is 1. The predicted molar refractivity (Wildman–Crippen MR) is 81.4 cm³/mol. The highest BCUT2D eigenvalue weighted by Crippen LogP contribution is 2.49. The number of carbonyl (C=O) groups is 2. The van der Waals surface area contributed by atoms with Gasteiger partial charge in [0.2, 0.25) is 5.91 Å². The van der Waals surface area contributed by atoms with Gasteiger partial charge in [0.15, 0.2) is 0 Å². The molecule has 1 fully saturated rings. The van der Waals surface area contributed by atoms with E-state index in [1.807, 2.05) is 13.8 Å². The number of alkyl halides is 3. The number of halogens is 3. The van der Waals surface area contributed by atoms with E-state index >= 15 is 0 Å². The molecule has 1 amide bonds. The lowest BCUT2D eigenvalue weighted by molar-refractivity contribution is -0.142. The first-order chi connectivity index (χ1) is 11.1. The zero-order valence-electron chi connectivity index (χ0n) is 13.5. The van der Waals surface area contributed by atoms with E-state index < -0.39 is 35.1 Å². The molecule has 7 heteroatoms. The molecular formula is C17H20F3NO3. The number of nitrogens with one attached hydrogen (secondary N) is 1. The number of hydrogen-bond donors (Lipinski definition) is 2. The summed E-state index contributed by atoms with van der Waals surface area (Å²) in [4.78, 5) is 23.8. The number of aliphatic carboxylic acids is 1. The topological polar surface area (TPSA) is 66.4 Å². The van der Waals surface area contributed by atoms with Crippen molar-refractivity contribution in [1.29, 1.82) is 0 Å². The van der Waals surface area contributed by atoms with Crippen molar-refractivity contribution in [3.8, 4) is 0 Å². The van der Waals surface area contributed by atoms with Gasteiger partial charge in [0.1, 0.15) is 6.04 Å². The number of amides is 1. The summed E-state index contributed by atoms with van der Waals surface area (Å²) in [5.41, 5.74) is -1.58. The van der Waals surface area contributed by atoms with Gasteiger partial charge in [0.05, 0.1) is 11.0 Å². The van der Waals surface area contributed by atoms with E-state index in [-0.39, 0.29) is 17.9 Å². The molecule has 132 valence electrons. The quantitative estimate of drug-likeness (QED) is 0.832. The number of rotatable bonds is 6. The van der Waals surface area contributed by atoms with Gasteiger partial charge in [-0.1, -0.05) is 32.0 Å². The van der Waals surface area contributed by atoms with Gasteiger partial charge in [-0.25, -0.2) is 4.79 Å². The van der Waals surface area contributed by atoms with Crippen LogP contribution in [-0.2, 0) is 21.2 Å². The number of hydrogen-bond acceptors (Lipinski definition) is 2. The average molecular weight is 343 g/mol. The highest BCUT2D eigenvalue weighted by molar-refractivity contribution is 5.94. The SMILES string of the molecule is CC(C)C[C@@H](NC(=O)C1(c2cccc(C(F)(F)F)c2)CC1)C(=O)O. The molecule has 1 aliphatic rings. The zero-order chi connectivity index (χ0) is 18.1. The van der Waals surface area contributed by atoms with E-state index in [1.165, 1.54) is 12.1 Å². The van der Waals surface area contributed by atoms with Gasteiger partial charge in [-0.2, -0.15) is 13.2 Å². The average Bonchev–Trinajstić information content (AvgIpc) is 3.27. The third-order valence-corrected chi connectivity index (χ3v) is 4.24. The fourth-order valence-corrected chi connectivity index (χ4v) is 2.75. The maximum atomic E-state index is 12.9. The maximum absolute atomic E-state index is 12.9. The zero-order valence-corrected chi connectivity index (χ0v) is 13.5. The van der Waals surface area contributed by atoms with Gasteiger partial charge in [-0.15, -0.1) is 0 Å². The highest BCUT2D eigenvalue weighted by Gasteiger charge is 2.52. The van der Waals surface area contributed by atoms with E-state index in [9.17, 15) is 27.9 Å². The number of carbonyl (C=O) groups excluding carboxylic acids is 1. The summed E-state index contributed by atoms with van der Waals surface area (Å²) >= 11 is 0. The van der Waals surface area contributed by atoms with E-state index in [2.05, 4.69) is 5.32 Å². The largest absolute Gasteiger partial charge is 0.480 e. The molecule has 1 aromatic rings. The predicted octanol–water partition coefficient (Wildman–Crippen LogP) is 3.35. The molecule has 1 aliphatic carbocycles. The molecule has 0 unspecified atom stereocenters. The van der Waals surface area contributed by atoms with Crippen molar-refractivity contribution >= 4 is 11.9 Å². The van der Waals surface area contributed by atoms with Gasteiger partial charge < -0.3 is 10.4 Å². The van der Waals surface area contributed by atoms with Crippen LogP contribution in [0.15, 0.2) is 24.3 Å². The molecule has 1 aromatic carbocycles. The standard InChI is InChI=1S/C17H20F3NO3/c1-10(2)8-13(14(22)23)21-15(24)16(6-7-16)11-4-3-5-12(9-11)17(18,19)20/h3-5,9-10,13H,6-8H2,1-2H3,(H,21,24)(H,22,23)/t13-/m1/s1. The van der Waals surface area contributed by atoms with Crippen LogP contribution in [-0.4, -0.2) is 23.0 Å². The van der Waals surface area contributed by atoms with Crippen LogP contribution in [0, 0.1) is 5.92 Å². The minimum atomic E-state index is -4.48. The molecule has 0 saturated heterocycles. The Morgan fingerprint density at radius 2 is 1.92 bits per heavy atom. The van der Waals surface area contributed by atoms with Crippen LogP contribution < -0.4 is 5.32 Å². The molecule has 0 bridgehead atoms. The van der Waals surface area contributed by atoms with Crippen molar-refractivity contribution in [3.63, 3.8) is 0 Å². The van der Waals surface area contributed by atoms with Gasteiger partial charge in [0.25, 0.3) is 0 Å². The third-order valence-electron chi connectivity index (χ3n) is 4.24. The molecule has 0 aromatic heterocycles. The lowest BCUT2D eigenvalue weighted by Crippen LogP contribution is -2.46. The molecule has 4 nitrogen and oxygen atoms in total. The van der Waals surface area contributed by atoms with Crippen LogP contribution in [0.5, 0.6) is 0 Å². The minimum absolute atomic E-state index is 0.0649. The summed E-state index contributed by atoms with van der Waals surface area (Å²) in [6, 6.07) is 3.65. The summed E-state index contributed by atoms with van der Waals surface area (Å²) in [6.07, 6.45) is -3.40. The number of carboxylic acids is 1. The van der Waals surface area contributed by atoms with Crippen LogP contribution in [0.1, 0.15) is 44.2 Å². The Morgan fingerprint density at radius 3 is 2.38 bits per heavy atom. The maximum Gasteiger partial charge on any atom is 0.416 e. The van der Waals surface area contributed by atoms with Crippen molar-refractivity contribution in [1.82, 2.24) is 5.32 Å². The monoisotopic (exact) mass is 343 g/mol. The summed E-state index contributed by atoms with van der Waals surface area (Å²) in [6.45, 7) is 3.67. The molecular weight excluding hydrogens is 323 g/mol. The van der Waals surface area contributed by atoms with E-state index in [0.717, 1.165) is 12.1 Å². The Bertz CT molecular complexity index is 636. The minimum Gasteiger partial charge on any atom is -0.480 e. The van der Waals surface area contributed by atoms with Crippen LogP contribution in [0.3, 0.4) is 0 Å². The Labute approximate surface area is 138 Å². The fraction of sp³-hybridized carbons (Fsp3) is 0.529. The molecule has 2 rings (SSSR count). The van der Waals surface area contributed by atoms with Crippen LogP contribution in [0.4, 0.5) is 13.2 Å². The second-order valence-corrected chi connectivity index (χ2v) is 6.65. The first-order valence-corrected chi connectivity index (χ1v) is 7.78. The van der Waals surface area contributed by atoms with Crippen LogP contribution >= 0.6 is 0 Å². The Balaban J connectivity index is 2.21. The second kappa shape index (κ2) is 6.45. The lowest BCUT2D eigenvalue weighted by Gasteiger charge is -2.22. The lowest BCUT2D eigenvalue weighted by atomic mass is 9.92. The van der Waals surface area contributed by atoms with E-state index in [4.69, 9.17) is 0 Å².